The first-order valence-electron chi connectivity index (χ1n) is 7.77. The number of amides is 1. The molecule has 6 heteroatoms. The van der Waals surface area contributed by atoms with Gasteiger partial charge in [0, 0.05) is 17.6 Å². The van der Waals surface area contributed by atoms with E-state index in [1.807, 2.05) is 36.4 Å². The molecule has 25 heavy (non-hydrogen) atoms. The number of halogens is 1. The molecule has 0 bridgehead atoms. The van der Waals surface area contributed by atoms with Crippen LogP contribution in [0, 0.1) is 0 Å². The van der Waals surface area contributed by atoms with Gasteiger partial charge in [-0.1, -0.05) is 64.5 Å². The van der Waals surface area contributed by atoms with Gasteiger partial charge in [0.2, 0.25) is 5.91 Å². The van der Waals surface area contributed by atoms with Crippen LogP contribution in [0.25, 0.3) is 0 Å². The summed E-state index contributed by atoms with van der Waals surface area (Å²) in [5.41, 5.74) is 1.60. The highest BCUT2D eigenvalue weighted by atomic mass is 79.9. The van der Waals surface area contributed by atoms with E-state index in [9.17, 15) is 13.2 Å². The Balaban J connectivity index is 2.07. The molecule has 0 N–H and O–H groups in total. The van der Waals surface area contributed by atoms with Gasteiger partial charge in [0.25, 0.3) is 0 Å². The molecule has 2 rings (SSSR count). The molecule has 132 valence electrons. The van der Waals surface area contributed by atoms with E-state index in [0.717, 1.165) is 10.0 Å². The van der Waals surface area contributed by atoms with Crippen LogP contribution in [0.3, 0.4) is 0 Å². The topological polar surface area (TPSA) is 54.5 Å². The largest absolute Gasteiger partial charge is 0.334 e. The lowest BCUT2D eigenvalue weighted by atomic mass is 10.2. The van der Waals surface area contributed by atoms with Crippen molar-refractivity contribution in [3.63, 3.8) is 0 Å². The smallest absolute Gasteiger partial charge is 0.238 e. The quantitative estimate of drug-likeness (QED) is 0.612. The molecule has 0 saturated heterocycles. The molecule has 0 aliphatic carbocycles. The number of nitrogens with zero attached hydrogens (tertiary/aromatic N) is 1. The lowest BCUT2D eigenvalue weighted by Gasteiger charge is -2.21. The minimum atomic E-state index is -3.55. The van der Waals surface area contributed by atoms with Crippen LogP contribution >= 0.6 is 15.9 Å². The van der Waals surface area contributed by atoms with E-state index in [4.69, 9.17) is 0 Å². The Hall–Kier alpha value is -1.92. The predicted octanol–water partition coefficient (Wildman–Crippen LogP) is 3.58. The van der Waals surface area contributed by atoms with Crippen LogP contribution < -0.4 is 0 Å². The van der Waals surface area contributed by atoms with Crippen molar-refractivity contribution in [1.82, 2.24) is 4.90 Å². The number of carbonyl (C=O) groups is 1. The van der Waals surface area contributed by atoms with Gasteiger partial charge in [0.15, 0.2) is 9.84 Å². The van der Waals surface area contributed by atoms with Crippen LogP contribution in [0.4, 0.5) is 0 Å². The summed E-state index contributed by atoms with van der Waals surface area (Å²) in [5.74, 6) is -1.09. The van der Waals surface area contributed by atoms with Gasteiger partial charge in [-0.15, -0.1) is 6.58 Å². The molecule has 0 heterocycles. The Kier molecular flexibility index (Phi) is 6.96. The maximum Gasteiger partial charge on any atom is 0.238 e. The number of rotatable bonds is 8. The molecule has 0 aromatic heterocycles. The maximum atomic E-state index is 12.5. The van der Waals surface area contributed by atoms with Crippen LogP contribution in [0.2, 0.25) is 0 Å². The van der Waals surface area contributed by atoms with Crippen molar-refractivity contribution in [1.29, 1.82) is 0 Å². The predicted molar refractivity (Wildman–Crippen MR) is 104 cm³/mol. The van der Waals surface area contributed by atoms with Gasteiger partial charge in [-0.05, 0) is 23.3 Å². The third-order valence-electron chi connectivity index (χ3n) is 3.54. The number of sulfone groups is 1. The zero-order chi connectivity index (χ0) is 18.3. The third kappa shape index (κ3) is 6.48. The van der Waals surface area contributed by atoms with E-state index >= 15 is 0 Å². The average Bonchev–Trinajstić information content (AvgIpc) is 2.54. The monoisotopic (exact) mass is 421 g/mol. The molecular formula is C19H20BrNO3S. The first-order valence-corrected chi connectivity index (χ1v) is 10.4. The highest BCUT2D eigenvalue weighted by Gasteiger charge is 2.22. The van der Waals surface area contributed by atoms with Gasteiger partial charge >= 0.3 is 0 Å². The number of hydrogen-bond donors (Lipinski definition) is 0. The second kappa shape index (κ2) is 8.97. The Morgan fingerprint density at radius 3 is 2.40 bits per heavy atom. The van der Waals surface area contributed by atoms with Crippen LogP contribution in [-0.2, 0) is 26.9 Å². The first kappa shape index (κ1) is 19.4. The minimum absolute atomic E-state index is 0.161. The minimum Gasteiger partial charge on any atom is -0.334 e. The molecule has 0 unspecified atom stereocenters. The van der Waals surface area contributed by atoms with E-state index < -0.39 is 21.5 Å². The van der Waals surface area contributed by atoms with Crippen LogP contribution in [0.5, 0.6) is 0 Å². The standard InChI is InChI=1S/C19H20BrNO3S/c1-2-11-21(13-16-7-4-3-5-8-16)19(22)15-25(23,24)14-17-9-6-10-18(20)12-17/h2-10,12H,1,11,13-15H2. The fraction of sp³-hybridized carbons (Fsp3) is 0.211. The summed E-state index contributed by atoms with van der Waals surface area (Å²) in [7, 11) is -3.55. The third-order valence-corrected chi connectivity index (χ3v) is 5.49. The van der Waals surface area contributed by atoms with Gasteiger partial charge in [0.1, 0.15) is 5.75 Å². The van der Waals surface area contributed by atoms with Crippen molar-refractivity contribution in [2.45, 2.75) is 12.3 Å². The Morgan fingerprint density at radius 1 is 1.08 bits per heavy atom. The fourth-order valence-electron chi connectivity index (χ4n) is 2.43. The van der Waals surface area contributed by atoms with Gasteiger partial charge < -0.3 is 4.90 Å². The van der Waals surface area contributed by atoms with E-state index in [-0.39, 0.29) is 5.75 Å². The Labute approximate surface area is 157 Å². The zero-order valence-corrected chi connectivity index (χ0v) is 16.2. The van der Waals surface area contributed by atoms with Crippen LogP contribution in [-0.4, -0.2) is 31.5 Å². The van der Waals surface area contributed by atoms with E-state index in [1.165, 1.54) is 4.90 Å². The molecule has 4 nitrogen and oxygen atoms in total. The molecular weight excluding hydrogens is 402 g/mol. The van der Waals surface area contributed by atoms with Gasteiger partial charge in [-0.3, -0.25) is 4.79 Å². The summed E-state index contributed by atoms with van der Waals surface area (Å²) >= 11 is 3.32. The highest BCUT2D eigenvalue weighted by Crippen LogP contribution is 2.15. The molecule has 0 aliphatic heterocycles. The molecule has 0 atom stereocenters. The summed E-state index contributed by atoms with van der Waals surface area (Å²) < 4.78 is 25.6. The molecule has 2 aromatic carbocycles. The van der Waals surface area contributed by atoms with Crippen LogP contribution in [0.1, 0.15) is 11.1 Å². The summed E-state index contributed by atoms with van der Waals surface area (Å²) in [6.07, 6.45) is 1.60. The second-order valence-electron chi connectivity index (χ2n) is 5.71. The van der Waals surface area contributed by atoms with Gasteiger partial charge in [-0.2, -0.15) is 0 Å². The first-order chi connectivity index (χ1) is 11.9. The van der Waals surface area contributed by atoms with Crippen molar-refractivity contribution in [3.05, 3.63) is 82.9 Å². The number of hydrogen-bond acceptors (Lipinski definition) is 3. The Morgan fingerprint density at radius 2 is 1.76 bits per heavy atom. The lowest BCUT2D eigenvalue weighted by Crippen LogP contribution is -2.35. The van der Waals surface area contributed by atoms with E-state index in [2.05, 4.69) is 22.5 Å². The van der Waals surface area contributed by atoms with Gasteiger partial charge in [0.05, 0.1) is 5.75 Å². The SMILES string of the molecule is C=CCN(Cc1ccccc1)C(=O)CS(=O)(=O)Cc1cccc(Br)c1. The van der Waals surface area contributed by atoms with Crippen LogP contribution in [0.15, 0.2) is 71.7 Å². The molecule has 0 aliphatic rings. The van der Waals surface area contributed by atoms with E-state index in [0.29, 0.717) is 18.7 Å². The van der Waals surface area contributed by atoms with Crippen molar-refractivity contribution < 1.29 is 13.2 Å². The molecule has 0 radical (unpaired) electrons. The van der Waals surface area contributed by atoms with Crippen molar-refractivity contribution in [3.8, 4) is 0 Å². The zero-order valence-electron chi connectivity index (χ0n) is 13.8. The van der Waals surface area contributed by atoms with E-state index in [1.54, 1.807) is 24.3 Å². The maximum absolute atomic E-state index is 12.5. The van der Waals surface area contributed by atoms with Gasteiger partial charge in [-0.25, -0.2) is 8.42 Å². The highest BCUT2D eigenvalue weighted by molar-refractivity contribution is 9.10. The molecule has 0 spiro atoms. The summed E-state index contributed by atoms with van der Waals surface area (Å²) in [4.78, 5) is 14.0. The lowest BCUT2D eigenvalue weighted by molar-refractivity contribution is -0.128. The molecule has 0 saturated carbocycles. The molecule has 1 amide bonds. The van der Waals surface area contributed by atoms with Crippen molar-refractivity contribution in [2.24, 2.45) is 0 Å². The summed E-state index contributed by atoms with van der Waals surface area (Å²) in [6.45, 7) is 4.31. The normalized spacial score (nSPS) is 11.1. The molecule has 2 aromatic rings. The number of carbonyl (C=O) groups excluding carboxylic acids is 1. The fourth-order valence-corrected chi connectivity index (χ4v) is 4.22. The molecule has 0 fully saturated rings. The summed E-state index contributed by atoms with van der Waals surface area (Å²) in [6, 6.07) is 16.5. The Bertz CT molecular complexity index is 835. The summed E-state index contributed by atoms with van der Waals surface area (Å²) in [5, 5.41) is 0. The second-order valence-corrected chi connectivity index (χ2v) is 8.69. The number of benzene rings is 2. The van der Waals surface area contributed by atoms with Crippen molar-refractivity contribution in [2.75, 3.05) is 12.3 Å². The average molecular weight is 422 g/mol. The van der Waals surface area contributed by atoms with Crippen molar-refractivity contribution >= 4 is 31.7 Å².